The van der Waals surface area contributed by atoms with Crippen LogP contribution in [0.2, 0.25) is 0 Å². The van der Waals surface area contributed by atoms with Crippen LogP contribution in [-0.4, -0.2) is 35.3 Å². The molecule has 3 nitrogen and oxygen atoms in total. The highest BCUT2D eigenvalue weighted by molar-refractivity contribution is 5.75. The van der Waals surface area contributed by atoms with Crippen molar-refractivity contribution in [3.8, 4) is 28.0 Å². The summed E-state index contributed by atoms with van der Waals surface area (Å²) >= 11 is 0. The first-order chi connectivity index (χ1) is 17.1. The van der Waals surface area contributed by atoms with Crippen molar-refractivity contribution in [1.82, 2.24) is 4.90 Å². The minimum absolute atomic E-state index is 0.108. The fourth-order valence-electron chi connectivity index (χ4n) is 4.01. The maximum atomic E-state index is 13.0. The van der Waals surface area contributed by atoms with Gasteiger partial charge in [-0.2, -0.15) is 0 Å². The number of phenolic OH excluding ortho intramolecular Hbond substituents is 1. The Morgan fingerprint density at radius 1 is 0.629 bits per heavy atom. The summed E-state index contributed by atoms with van der Waals surface area (Å²) in [6.45, 7) is 3.71. The Bertz CT molecular complexity index is 1090. The average Bonchev–Trinajstić information content (AvgIpc) is 3.40. The number of hydrogen-bond acceptors (Lipinski definition) is 3. The minimum atomic E-state index is -0.308. The first kappa shape index (κ1) is 26.1. The van der Waals surface area contributed by atoms with Crippen LogP contribution in [0.5, 0.6) is 5.75 Å². The number of phenols is 1. The Morgan fingerprint density at radius 3 is 1.54 bits per heavy atom. The van der Waals surface area contributed by atoms with Crippen molar-refractivity contribution in [2.24, 2.45) is 0 Å². The lowest BCUT2D eigenvalue weighted by atomic mass is 9.98. The van der Waals surface area contributed by atoms with Gasteiger partial charge >= 0.3 is 0 Å². The van der Waals surface area contributed by atoms with Crippen LogP contribution >= 0.6 is 0 Å². The van der Waals surface area contributed by atoms with Gasteiger partial charge in [0, 0.05) is 13.7 Å². The van der Waals surface area contributed by atoms with Crippen LogP contribution in [0.25, 0.3) is 22.3 Å². The smallest absolute Gasteiger partial charge is 0.123 e. The summed E-state index contributed by atoms with van der Waals surface area (Å²) in [4.78, 5) is 2.52. The van der Waals surface area contributed by atoms with E-state index in [-0.39, 0.29) is 17.4 Å². The molecule has 1 aliphatic heterocycles. The van der Waals surface area contributed by atoms with E-state index >= 15 is 0 Å². The molecule has 1 aliphatic rings. The van der Waals surface area contributed by atoms with Gasteiger partial charge in [-0.25, -0.2) is 8.78 Å². The van der Waals surface area contributed by atoms with Gasteiger partial charge in [0.05, 0.1) is 0 Å². The molecule has 0 bridgehead atoms. The van der Waals surface area contributed by atoms with Crippen molar-refractivity contribution < 1.29 is 19.0 Å². The van der Waals surface area contributed by atoms with Crippen LogP contribution in [0.1, 0.15) is 18.4 Å². The summed E-state index contributed by atoms with van der Waals surface area (Å²) in [6, 6.07) is 27.9. The van der Waals surface area contributed by atoms with E-state index < -0.39 is 0 Å². The van der Waals surface area contributed by atoms with Crippen LogP contribution in [0.3, 0.4) is 0 Å². The third kappa shape index (κ3) is 8.02. The van der Waals surface area contributed by atoms with Crippen molar-refractivity contribution >= 4 is 0 Å². The van der Waals surface area contributed by atoms with Crippen molar-refractivity contribution in [2.75, 3.05) is 20.2 Å². The van der Waals surface area contributed by atoms with Crippen LogP contribution in [0.15, 0.2) is 97.1 Å². The lowest BCUT2D eigenvalue weighted by Crippen LogP contribution is -2.18. The Hall–Kier alpha value is -3.54. The van der Waals surface area contributed by atoms with Crippen LogP contribution in [0, 0.1) is 11.6 Å². The summed E-state index contributed by atoms with van der Waals surface area (Å²) in [7, 11) is 1.00. The number of halogens is 2. The lowest BCUT2D eigenvalue weighted by molar-refractivity contribution is 0.331. The van der Waals surface area contributed by atoms with Gasteiger partial charge in [0.25, 0.3) is 0 Å². The molecule has 1 fully saturated rings. The maximum absolute atomic E-state index is 13.0. The monoisotopic (exact) mass is 475 g/mol. The first-order valence-electron chi connectivity index (χ1n) is 11.6. The molecule has 4 aromatic rings. The summed E-state index contributed by atoms with van der Waals surface area (Å²) < 4.78 is 26.0. The molecule has 35 heavy (non-hydrogen) atoms. The lowest BCUT2D eigenvalue weighted by Gasteiger charge is -2.13. The number of rotatable bonds is 4. The zero-order chi connectivity index (χ0) is 25.0. The molecule has 4 aromatic carbocycles. The molecule has 0 atom stereocenters. The number of aliphatic hydroxyl groups is 1. The predicted octanol–water partition coefficient (Wildman–Crippen LogP) is 6.90. The van der Waals surface area contributed by atoms with Gasteiger partial charge in [-0.05, 0) is 96.2 Å². The van der Waals surface area contributed by atoms with Crippen molar-refractivity contribution in [1.29, 1.82) is 0 Å². The summed E-state index contributed by atoms with van der Waals surface area (Å²) in [6.07, 6.45) is 2.76. The van der Waals surface area contributed by atoms with E-state index in [1.54, 1.807) is 36.4 Å². The van der Waals surface area contributed by atoms with Gasteiger partial charge in [-0.15, -0.1) is 0 Å². The molecule has 1 heterocycles. The van der Waals surface area contributed by atoms with Gasteiger partial charge in [0.1, 0.15) is 17.4 Å². The normalized spacial score (nSPS) is 12.8. The molecule has 0 spiro atoms. The Labute approximate surface area is 205 Å². The zero-order valence-electron chi connectivity index (χ0n) is 19.9. The standard InChI is InChI=1S/C18H12F2O.C11H15N.CH4O/c19-16-5-1-12(2-6-16)14-9-15(11-18(21)10-14)13-3-7-17(20)8-4-13;1-2-6-11(7-3-1)10-12-8-4-5-9-12;1-2/h1-11,21H;1-3,6-7H,4-5,8-10H2;2H,1H3. The number of likely N-dealkylation sites (tertiary alicyclic amines) is 1. The van der Waals surface area contributed by atoms with E-state index in [2.05, 4.69) is 35.2 Å². The number of nitrogens with zero attached hydrogens (tertiary/aromatic N) is 1. The van der Waals surface area contributed by atoms with Crippen LogP contribution < -0.4 is 0 Å². The summed E-state index contributed by atoms with van der Waals surface area (Å²) in [5.74, 6) is -0.508. The number of aliphatic hydroxyl groups excluding tert-OH is 1. The highest BCUT2D eigenvalue weighted by Crippen LogP contribution is 2.31. The number of hydrogen-bond donors (Lipinski definition) is 2. The third-order valence-corrected chi connectivity index (χ3v) is 5.72. The highest BCUT2D eigenvalue weighted by Gasteiger charge is 2.10. The number of aromatic hydroxyl groups is 1. The summed E-state index contributed by atoms with van der Waals surface area (Å²) in [5, 5.41) is 16.9. The molecule has 0 radical (unpaired) electrons. The molecular formula is C30H31F2NO2. The second kappa shape index (κ2) is 13.4. The van der Waals surface area contributed by atoms with Gasteiger partial charge in [-0.3, -0.25) is 4.90 Å². The SMILES string of the molecule is CO.Oc1cc(-c2ccc(F)cc2)cc(-c2ccc(F)cc2)c1.c1ccc(CN2CCCC2)cc1. The van der Waals surface area contributed by atoms with E-state index in [9.17, 15) is 13.9 Å². The van der Waals surface area contributed by atoms with Gasteiger partial charge < -0.3 is 10.2 Å². The van der Waals surface area contributed by atoms with Gasteiger partial charge in [-0.1, -0.05) is 54.6 Å². The molecule has 0 amide bonds. The second-order valence-corrected chi connectivity index (χ2v) is 8.25. The van der Waals surface area contributed by atoms with E-state index in [1.165, 1.54) is 55.8 Å². The Kier molecular flexibility index (Phi) is 9.96. The van der Waals surface area contributed by atoms with E-state index in [1.807, 2.05) is 6.07 Å². The first-order valence-corrected chi connectivity index (χ1v) is 11.6. The van der Waals surface area contributed by atoms with Crippen molar-refractivity contribution in [3.63, 3.8) is 0 Å². The Morgan fingerprint density at radius 2 is 1.09 bits per heavy atom. The molecule has 182 valence electrons. The molecule has 5 rings (SSSR count). The quantitative estimate of drug-likeness (QED) is 0.338. The fraction of sp³-hybridized carbons (Fsp3) is 0.200. The number of benzene rings is 4. The zero-order valence-corrected chi connectivity index (χ0v) is 19.9. The Balaban J connectivity index is 0.000000207. The van der Waals surface area contributed by atoms with Gasteiger partial charge in [0.15, 0.2) is 0 Å². The molecule has 0 unspecified atom stereocenters. The van der Waals surface area contributed by atoms with Crippen LogP contribution in [0.4, 0.5) is 8.78 Å². The van der Waals surface area contributed by atoms with E-state index in [0.29, 0.717) is 0 Å². The van der Waals surface area contributed by atoms with Gasteiger partial charge in [0.2, 0.25) is 0 Å². The molecule has 2 N–H and O–H groups in total. The van der Waals surface area contributed by atoms with E-state index in [4.69, 9.17) is 5.11 Å². The summed E-state index contributed by atoms with van der Waals surface area (Å²) in [5.41, 5.74) is 4.59. The van der Waals surface area contributed by atoms with Crippen molar-refractivity contribution in [3.05, 3.63) is 114 Å². The van der Waals surface area contributed by atoms with E-state index in [0.717, 1.165) is 35.9 Å². The highest BCUT2D eigenvalue weighted by atomic mass is 19.1. The minimum Gasteiger partial charge on any atom is -0.508 e. The fourth-order valence-corrected chi connectivity index (χ4v) is 4.01. The third-order valence-electron chi connectivity index (χ3n) is 5.72. The second-order valence-electron chi connectivity index (χ2n) is 8.25. The molecule has 0 aromatic heterocycles. The van der Waals surface area contributed by atoms with Crippen molar-refractivity contribution in [2.45, 2.75) is 19.4 Å². The largest absolute Gasteiger partial charge is 0.508 e. The average molecular weight is 476 g/mol. The molecule has 5 heteroatoms. The molecule has 1 saturated heterocycles. The topological polar surface area (TPSA) is 43.7 Å². The molecular weight excluding hydrogens is 444 g/mol. The van der Waals surface area contributed by atoms with Crippen LogP contribution in [-0.2, 0) is 6.54 Å². The predicted molar refractivity (Wildman–Crippen MR) is 138 cm³/mol. The molecule has 0 aliphatic carbocycles. The molecule has 0 saturated carbocycles. The maximum Gasteiger partial charge on any atom is 0.123 e.